The van der Waals surface area contributed by atoms with Gasteiger partial charge in [-0.25, -0.2) is 16.8 Å². The lowest BCUT2D eigenvalue weighted by molar-refractivity contribution is -0.438. The van der Waals surface area contributed by atoms with Crippen molar-refractivity contribution in [1.82, 2.24) is 0 Å². The molecule has 2 aliphatic heterocycles. The van der Waals surface area contributed by atoms with Gasteiger partial charge in [0.05, 0.1) is 25.7 Å². The molecule has 3 aromatic rings. The first-order valence-electron chi connectivity index (χ1n) is 16.1. The van der Waals surface area contributed by atoms with E-state index < -0.39 is 20.2 Å². The summed E-state index contributed by atoms with van der Waals surface area (Å²) in [5, 5.41) is 2.34. The molecular weight excluding hydrogens is 633 g/mol. The van der Waals surface area contributed by atoms with Crippen molar-refractivity contribution in [3.8, 4) is 0 Å². The number of nitrogens with zero attached hydrogens (tertiary/aromatic N) is 2. The number of anilines is 1. The Morgan fingerprint density at radius 2 is 1.40 bits per heavy atom. The van der Waals surface area contributed by atoms with Gasteiger partial charge in [-0.2, -0.15) is 4.58 Å². The molecule has 47 heavy (non-hydrogen) atoms. The Kier molecular flexibility index (Phi) is 9.99. The lowest BCUT2D eigenvalue weighted by atomic mass is 9.79. The largest absolute Gasteiger partial charge is 0.748 e. The molecule has 0 fully saturated rings. The van der Waals surface area contributed by atoms with Crippen LogP contribution in [0.4, 0.5) is 11.4 Å². The average molecular weight is 676 g/mol. The summed E-state index contributed by atoms with van der Waals surface area (Å²) in [6.07, 6.45) is 12.0. The van der Waals surface area contributed by atoms with E-state index >= 15 is 0 Å². The van der Waals surface area contributed by atoms with Crippen molar-refractivity contribution in [2.45, 2.75) is 64.2 Å². The first kappa shape index (κ1) is 34.8. The van der Waals surface area contributed by atoms with Crippen molar-refractivity contribution in [1.29, 1.82) is 0 Å². The third-order valence-electron chi connectivity index (χ3n) is 9.34. The van der Waals surface area contributed by atoms with Crippen LogP contribution in [-0.2, 0) is 31.1 Å². The van der Waals surface area contributed by atoms with Gasteiger partial charge in [0.1, 0.15) is 6.54 Å². The Bertz CT molecular complexity index is 2000. The van der Waals surface area contributed by atoms with E-state index in [-0.39, 0.29) is 22.3 Å². The Balaban J connectivity index is 1.43. The summed E-state index contributed by atoms with van der Waals surface area (Å²) >= 11 is 0. The lowest BCUT2D eigenvalue weighted by Gasteiger charge is -2.27. The second-order valence-electron chi connectivity index (χ2n) is 13.4. The molecule has 0 atom stereocenters. The van der Waals surface area contributed by atoms with Crippen LogP contribution in [-0.4, -0.2) is 60.8 Å². The molecule has 3 aromatic carbocycles. The standard InChI is InChI=1S/C37H44N2O6S2/c1-36(2)30-18-10-11-19-31(30)38(24-12-14-26-46(40,41)42)33(36)20-6-5-7-21-34-37(3,4)35-29-17-9-8-16-28(29)22-23-32(35)39(34)25-13-15-27-47(43,44)45/h5-11,16-23H,12-15,24-27H2,1-4H3,(H-,40,41,42,43,44,45)/p-1. The van der Waals surface area contributed by atoms with Crippen LogP contribution in [0.1, 0.15) is 64.5 Å². The molecule has 0 saturated carbocycles. The minimum Gasteiger partial charge on any atom is -0.748 e. The van der Waals surface area contributed by atoms with Crippen LogP contribution < -0.4 is 4.90 Å². The molecule has 0 spiro atoms. The fraction of sp³-hybridized carbons (Fsp3) is 0.378. The maximum atomic E-state index is 11.2. The zero-order valence-corrected chi connectivity index (χ0v) is 29.1. The molecule has 250 valence electrons. The minimum absolute atomic E-state index is 0.269. The van der Waals surface area contributed by atoms with Crippen molar-refractivity contribution in [2.75, 3.05) is 29.5 Å². The summed E-state index contributed by atoms with van der Waals surface area (Å²) in [5.41, 5.74) is 6.19. The zero-order valence-electron chi connectivity index (χ0n) is 27.5. The normalized spacial score (nSPS) is 18.3. The van der Waals surface area contributed by atoms with Gasteiger partial charge in [0.25, 0.3) is 0 Å². The van der Waals surface area contributed by atoms with Gasteiger partial charge in [-0.3, -0.25) is 0 Å². The molecule has 0 aliphatic carbocycles. The van der Waals surface area contributed by atoms with Gasteiger partial charge < -0.3 is 14.0 Å². The van der Waals surface area contributed by atoms with Gasteiger partial charge in [-0.1, -0.05) is 74.5 Å². The molecule has 5 rings (SSSR count). The SMILES string of the molecule is CC1(C)C(=CC=CC=CC2=[N+](CCCCS(=O)(=O)[O-])c3ccc4ccccc4c3C2(C)C)N(CCCCS(=O)(=O)[O-])c2ccccc21. The minimum atomic E-state index is -4.26. The fourth-order valence-corrected chi connectivity index (χ4v) is 8.23. The van der Waals surface area contributed by atoms with E-state index in [0.717, 1.165) is 28.2 Å². The second-order valence-corrected chi connectivity index (χ2v) is 16.4. The van der Waals surface area contributed by atoms with Gasteiger partial charge in [0.15, 0.2) is 5.71 Å². The number of para-hydroxylation sites is 1. The monoisotopic (exact) mass is 675 g/mol. The van der Waals surface area contributed by atoms with Gasteiger partial charge in [-0.15, -0.1) is 0 Å². The molecule has 0 unspecified atom stereocenters. The summed E-state index contributed by atoms with van der Waals surface area (Å²) in [5.74, 6) is -0.731. The van der Waals surface area contributed by atoms with Gasteiger partial charge >= 0.3 is 0 Å². The number of hydrogen-bond donors (Lipinski definition) is 0. The molecule has 2 heterocycles. The number of hydrogen-bond acceptors (Lipinski definition) is 7. The molecule has 2 aliphatic rings. The molecule has 0 radical (unpaired) electrons. The quantitative estimate of drug-likeness (QED) is 0.0860. The summed E-state index contributed by atoms with van der Waals surface area (Å²) < 4.78 is 69.4. The Labute approximate surface area is 279 Å². The number of benzene rings is 3. The van der Waals surface area contributed by atoms with E-state index in [1.807, 2.05) is 42.5 Å². The van der Waals surface area contributed by atoms with Crippen molar-refractivity contribution in [2.24, 2.45) is 0 Å². The Morgan fingerprint density at radius 3 is 2.13 bits per heavy atom. The van der Waals surface area contributed by atoms with Crippen molar-refractivity contribution in [3.63, 3.8) is 0 Å². The van der Waals surface area contributed by atoms with Crippen LogP contribution in [0.15, 0.2) is 96.7 Å². The molecule has 0 saturated heterocycles. The van der Waals surface area contributed by atoms with Crippen LogP contribution in [0.25, 0.3) is 10.8 Å². The summed E-state index contributed by atoms with van der Waals surface area (Å²) in [7, 11) is -8.50. The molecule has 0 bridgehead atoms. The van der Waals surface area contributed by atoms with Crippen molar-refractivity contribution >= 4 is 48.1 Å². The molecule has 8 nitrogen and oxygen atoms in total. The molecule has 0 N–H and O–H groups in total. The smallest absolute Gasteiger partial charge is 0.210 e. The zero-order chi connectivity index (χ0) is 34.0. The topological polar surface area (TPSA) is 121 Å². The van der Waals surface area contributed by atoms with E-state index in [1.165, 1.54) is 16.5 Å². The molecule has 10 heteroatoms. The fourth-order valence-electron chi connectivity index (χ4n) is 7.11. The maximum absolute atomic E-state index is 11.2. The molecular formula is C37H43N2O6S2-. The van der Waals surface area contributed by atoms with E-state index in [9.17, 15) is 25.9 Å². The highest BCUT2D eigenvalue weighted by Crippen LogP contribution is 2.48. The van der Waals surface area contributed by atoms with Crippen LogP contribution >= 0.6 is 0 Å². The van der Waals surface area contributed by atoms with E-state index in [0.29, 0.717) is 38.8 Å². The van der Waals surface area contributed by atoms with Gasteiger partial charge in [0, 0.05) is 59.0 Å². The summed E-state index contributed by atoms with van der Waals surface area (Å²) in [4.78, 5) is 2.22. The van der Waals surface area contributed by atoms with E-state index in [2.05, 4.69) is 85.7 Å². The van der Waals surface area contributed by atoms with Crippen molar-refractivity contribution < 1.29 is 30.5 Å². The number of unbranched alkanes of at least 4 members (excludes halogenated alkanes) is 2. The summed E-state index contributed by atoms with van der Waals surface area (Å²) in [6, 6.07) is 20.8. The third kappa shape index (κ3) is 7.62. The number of rotatable bonds is 13. The van der Waals surface area contributed by atoms with Gasteiger partial charge in [0.2, 0.25) is 5.69 Å². The maximum Gasteiger partial charge on any atom is 0.210 e. The predicted molar refractivity (Wildman–Crippen MR) is 188 cm³/mol. The highest BCUT2D eigenvalue weighted by Gasteiger charge is 2.45. The third-order valence-corrected chi connectivity index (χ3v) is 10.9. The highest BCUT2D eigenvalue weighted by atomic mass is 32.2. The van der Waals surface area contributed by atoms with Gasteiger partial charge in [-0.05, 0) is 67.7 Å². The Morgan fingerprint density at radius 1 is 0.745 bits per heavy atom. The van der Waals surface area contributed by atoms with Crippen LogP contribution in [0.2, 0.25) is 0 Å². The average Bonchev–Trinajstić information content (AvgIpc) is 3.35. The predicted octanol–water partition coefficient (Wildman–Crippen LogP) is 6.66. The highest BCUT2D eigenvalue weighted by molar-refractivity contribution is 7.85. The van der Waals surface area contributed by atoms with Crippen LogP contribution in [0.3, 0.4) is 0 Å². The first-order chi connectivity index (χ1) is 22.1. The Hall–Kier alpha value is -3.57. The molecule has 0 aromatic heterocycles. The second kappa shape index (κ2) is 13.5. The molecule has 0 amide bonds. The van der Waals surface area contributed by atoms with E-state index in [1.54, 1.807) is 0 Å². The first-order valence-corrected chi connectivity index (χ1v) is 19.2. The van der Waals surface area contributed by atoms with Crippen molar-refractivity contribution in [3.05, 3.63) is 108 Å². The number of allylic oxidation sites excluding steroid dienone is 6. The summed E-state index contributed by atoms with van der Waals surface area (Å²) in [6.45, 7) is 9.97. The van der Waals surface area contributed by atoms with Crippen LogP contribution in [0, 0.1) is 0 Å². The van der Waals surface area contributed by atoms with E-state index in [4.69, 9.17) is 0 Å². The number of fused-ring (bicyclic) bond motifs is 4. The van der Waals surface area contributed by atoms with Crippen LogP contribution in [0.5, 0.6) is 0 Å². The lowest BCUT2D eigenvalue weighted by Crippen LogP contribution is -2.28.